The Hall–Kier alpha value is -1.38. The third kappa shape index (κ3) is 7.05. The van der Waals surface area contributed by atoms with E-state index in [0.717, 1.165) is 18.4 Å². The van der Waals surface area contributed by atoms with Crippen LogP contribution in [0.15, 0.2) is 23.3 Å². The summed E-state index contributed by atoms with van der Waals surface area (Å²) in [4.78, 5) is 22.4. The molecule has 3 nitrogen and oxygen atoms in total. The van der Waals surface area contributed by atoms with Gasteiger partial charge in [0.05, 0.1) is 0 Å². The Morgan fingerprint density at radius 2 is 1.78 bits per heavy atom. The summed E-state index contributed by atoms with van der Waals surface area (Å²) in [6.45, 7) is 7.79. The van der Waals surface area contributed by atoms with Crippen molar-refractivity contribution in [1.82, 2.24) is 0 Å². The van der Waals surface area contributed by atoms with E-state index >= 15 is 0 Å². The molecule has 0 bridgehead atoms. The van der Waals surface area contributed by atoms with Gasteiger partial charge in [-0.3, -0.25) is 9.59 Å². The molecule has 0 aliphatic rings. The van der Waals surface area contributed by atoms with E-state index in [2.05, 4.69) is 19.9 Å². The zero-order chi connectivity index (χ0) is 14.1. The summed E-state index contributed by atoms with van der Waals surface area (Å²) in [5.74, 6) is -2.10. The highest BCUT2D eigenvalue weighted by Gasteiger charge is 2.22. The molecule has 0 aromatic rings. The van der Waals surface area contributed by atoms with Crippen LogP contribution in [0.5, 0.6) is 0 Å². The third-order valence-corrected chi connectivity index (χ3v) is 2.83. The number of carbonyl (C=O) groups is 2. The van der Waals surface area contributed by atoms with E-state index in [9.17, 15) is 9.59 Å². The van der Waals surface area contributed by atoms with Crippen LogP contribution in [0.25, 0.3) is 0 Å². The smallest absolute Gasteiger partial charge is 0.314 e. The summed E-state index contributed by atoms with van der Waals surface area (Å²) in [5.41, 5.74) is 2.43. The monoisotopic (exact) mass is 252 g/mol. The second-order valence-corrected chi connectivity index (χ2v) is 4.82. The first kappa shape index (κ1) is 16.6. The van der Waals surface area contributed by atoms with Crippen LogP contribution in [-0.2, 0) is 9.59 Å². The first-order valence-corrected chi connectivity index (χ1v) is 6.43. The first-order chi connectivity index (χ1) is 8.38. The van der Waals surface area contributed by atoms with Crippen molar-refractivity contribution >= 4 is 11.8 Å². The van der Waals surface area contributed by atoms with Gasteiger partial charge in [0, 0.05) is 6.42 Å². The van der Waals surface area contributed by atoms with Crippen LogP contribution in [0.4, 0.5) is 0 Å². The Morgan fingerprint density at radius 1 is 1.17 bits per heavy atom. The fourth-order valence-corrected chi connectivity index (χ4v) is 1.63. The Labute approximate surface area is 110 Å². The quantitative estimate of drug-likeness (QED) is 0.528. The molecule has 0 fully saturated rings. The minimum atomic E-state index is -1.02. The fourth-order valence-electron chi connectivity index (χ4n) is 1.63. The minimum Gasteiger partial charge on any atom is -0.481 e. The van der Waals surface area contributed by atoms with Crippen molar-refractivity contribution in [1.29, 1.82) is 0 Å². The zero-order valence-corrected chi connectivity index (χ0v) is 11.8. The summed E-state index contributed by atoms with van der Waals surface area (Å²) in [6.07, 6.45) is 6.50. The predicted molar refractivity (Wildman–Crippen MR) is 73.5 cm³/mol. The number of allylic oxidation sites excluding steroid dienone is 4. The van der Waals surface area contributed by atoms with Gasteiger partial charge < -0.3 is 5.11 Å². The van der Waals surface area contributed by atoms with Gasteiger partial charge in [0.15, 0.2) is 0 Å². The topological polar surface area (TPSA) is 54.4 Å². The summed E-state index contributed by atoms with van der Waals surface area (Å²) in [6, 6.07) is 0. The van der Waals surface area contributed by atoms with Crippen molar-refractivity contribution in [3.8, 4) is 0 Å². The minimum absolute atomic E-state index is 0.198. The van der Waals surface area contributed by atoms with Gasteiger partial charge in [0.25, 0.3) is 0 Å². The second-order valence-electron chi connectivity index (χ2n) is 4.82. The molecule has 0 saturated heterocycles. The zero-order valence-electron chi connectivity index (χ0n) is 11.8. The predicted octanol–water partition coefficient (Wildman–Crippen LogP) is 3.75. The van der Waals surface area contributed by atoms with Crippen molar-refractivity contribution < 1.29 is 14.7 Å². The van der Waals surface area contributed by atoms with Crippen molar-refractivity contribution in [2.24, 2.45) is 5.92 Å². The Kier molecular flexibility index (Phi) is 8.01. The summed E-state index contributed by atoms with van der Waals surface area (Å²) in [7, 11) is 0. The molecule has 1 unspecified atom stereocenters. The first-order valence-electron chi connectivity index (χ1n) is 6.43. The molecular formula is C15H24O3. The molecule has 0 aliphatic heterocycles. The maximum atomic E-state index is 11.4. The number of carbonyl (C=O) groups excluding carboxylic acids is 1. The lowest BCUT2D eigenvalue weighted by molar-refractivity contribution is -0.146. The average molecular weight is 252 g/mol. The lowest BCUT2D eigenvalue weighted by Crippen LogP contribution is -2.22. The molecular weight excluding hydrogens is 228 g/mol. The molecule has 3 heteroatoms. The van der Waals surface area contributed by atoms with Gasteiger partial charge in [0.1, 0.15) is 11.7 Å². The number of ketones is 1. The van der Waals surface area contributed by atoms with E-state index in [1.54, 1.807) is 6.92 Å². The largest absolute Gasteiger partial charge is 0.481 e. The van der Waals surface area contributed by atoms with Crippen LogP contribution in [0.1, 0.15) is 53.4 Å². The highest BCUT2D eigenvalue weighted by atomic mass is 16.4. The van der Waals surface area contributed by atoms with Gasteiger partial charge in [0.2, 0.25) is 0 Å². The van der Waals surface area contributed by atoms with Crippen molar-refractivity contribution in [2.75, 3.05) is 0 Å². The van der Waals surface area contributed by atoms with E-state index in [4.69, 9.17) is 5.11 Å². The molecule has 1 atom stereocenters. The number of Topliss-reactive ketones (excluding diaryl/α,β-unsaturated/α-hetero) is 1. The van der Waals surface area contributed by atoms with Crippen molar-refractivity contribution in [3.63, 3.8) is 0 Å². The number of aliphatic carboxylic acids is 1. The van der Waals surface area contributed by atoms with Crippen LogP contribution in [0.3, 0.4) is 0 Å². The summed E-state index contributed by atoms with van der Waals surface area (Å²) < 4.78 is 0. The lowest BCUT2D eigenvalue weighted by Gasteiger charge is -2.08. The molecule has 102 valence electrons. The normalized spacial score (nSPS) is 13.0. The van der Waals surface area contributed by atoms with E-state index in [1.165, 1.54) is 5.57 Å². The van der Waals surface area contributed by atoms with Crippen LogP contribution < -0.4 is 0 Å². The Balaban J connectivity index is 4.36. The molecule has 0 radical (unpaired) electrons. The van der Waals surface area contributed by atoms with Crippen molar-refractivity contribution in [3.05, 3.63) is 23.3 Å². The molecule has 18 heavy (non-hydrogen) atoms. The van der Waals surface area contributed by atoms with Gasteiger partial charge in [-0.25, -0.2) is 0 Å². The van der Waals surface area contributed by atoms with Gasteiger partial charge in [-0.15, -0.1) is 0 Å². The number of carboxylic acids is 1. The van der Waals surface area contributed by atoms with Gasteiger partial charge >= 0.3 is 5.97 Å². The molecule has 0 rings (SSSR count). The molecule has 0 spiro atoms. The summed E-state index contributed by atoms with van der Waals surface area (Å²) >= 11 is 0. The Morgan fingerprint density at radius 3 is 2.22 bits per heavy atom. The molecule has 0 amide bonds. The second kappa shape index (κ2) is 8.67. The standard InChI is InChI=1S/C15H24O3/c1-5-14(16)13(15(17)18)10-9-12(4)8-6-7-11(2)3/h7,9,13H,5-6,8,10H2,1-4H3,(H,17,18)/b12-9+. The third-order valence-electron chi connectivity index (χ3n) is 2.83. The van der Waals surface area contributed by atoms with Crippen LogP contribution in [0, 0.1) is 5.92 Å². The van der Waals surface area contributed by atoms with Crippen molar-refractivity contribution in [2.45, 2.75) is 53.4 Å². The number of rotatable bonds is 8. The number of hydrogen-bond donors (Lipinski definition) is 1. The van der Waals surface area contributed by atoms with E-state index < -0.39 is 11.9 Å². The summed E-state index contributed by atoms with van der Waals surface area (Å²) in [5, 5.41) is 8.98. The fraction of sp³-hybridized carbons (Fsp3) is 0.600. The maximum absolute atomic E-state index is 11.4. The molecule has 0 aromatic carbocycles. The van der Waals surface area contributed by atoms with Gasteiger partial charge in [-0.05, 0) is 40.0 Å². The molecule has 0 aliphatic carbocycles. The van der Waals surface area contributed by atoms with E-state index in [1.807, 2.05) is 13.0 Å². The maximum Gasteiger partial charge on any atom is 0.314 e. The SMILES string of the molecule is CCC(=O)C(C/C=C(\C)CCC=C(C)C)C(=O)O. The van der Waals surface area contributed by atoms with E-state index in [0.29, 0.717) is 6.42 Å². The molecule has 0 saturated carbocycles. The molecule has 0 heterocycles. The average Bonchev–Trinajstić information content (AvgIpc) is 2.27. The number of carboxylic acid groups (broad SMARTS) is 1. The molecule has 1 N–H and O–H groups in total. The van der Waals surface area contributed by atoms with Gasteiger partial charge in [-0.1, -0.05) is 30.2 Å². The van der Waals surface area contributed by atoms with Gasteiger partial charge in [-0.2, -0.15) is 0 Å². The highest BCUT2D eigenvalue weighted by molar-refractivity contribution is 5.98. The van der Waals surface area contributed by atoms with Crippen LogP contribution in [-0.4, -0.2) is 16.9 Å². The lowest BCUT2D eigenvalue weighted by atomic mass is 9.96. The van der Waals surface area contributed by atoms with E-state index in [-0.39, 0.29) is 12.2 Å². The number of hydrogen-bond acceptors (Lipinski definition) is 2. The Bertz CT molecular complexity index is 347. The van der Waals surface area contributed by atoms with Crippen LogP contribution >= 0.6 is 0 Å². The van der Waals surface area contributed by atoms with Crippen LogP contribution in [0.2, 0.25) is 0 Å². The highest BCUT2D eigenvalue weighted by Crippen LogP contribution is 2.13. The molecule has 0 aromatic heterocycles.